The molecule has 3 aromatic rings. The summed E-state index contributed by atoms with van der Waals surface area (Å²) in [7, 11) is 0. The van der Waals surface area contributed by atoms with E-state index in [1.165, 1.54) is 6.33 Å². The SMILES string of the molecule is CC(C)(C)Nc1ncc2ncnc(Nc3cccc(Br)c3)c2n1. The molecule has 0 fully saturated rings. The van der Waals surface area contributed by atoms with Crippen molar-refractivity contribution in [2.75, 3.05) is 10.6 Å². The molecule has 0 aliphatic carbocycles. The van der Waals surface area contributed by atoms with Crippen molar-refractivity contribution >= 4 is 44.4 Å². The zero-order valence-electron chi connectivity index (χ0n) is 13.1. The maximum Gasteiger partial charge on any atom is 0.223 e. The minimum absolute atomic E-state index is 0.124. The number of aromatic nitrogens is 4. The molecule has 6 nitrogen and oxygen atoms in total. The Labute approximate surface area is 142 Å². The lowest BCUT2D eigenvalue weighted by atomic mass is 10.1. The van der Waals surface area contributed by atoms with Gasteiger partial charge in [-0.05, 0) is 39.0 Å². The van der Waals surface area contributed by atoms with Crippen molar-refractivity contribution in [1.82, 2.24) is 19.9 Å². The summed E-state index contributed by atoms with van der Waals surface area (Å²) in [5.74, 6) is 1.20. The first kappa shape index (κ1) is 15.6. The van der Waals surface area contributed by atoms with Gasteiger partial charge in [0.05, 0.1) is 6.20 Å². The van der Waals surface area contributed by atoms with Crippen molar-refractivity contribution in [3.8, 4) is 0 Å². The Morgan fingerprint density at radius 2 is 1.91 bits per heavy atom. The molecule has 0 aliphatic rings. The second-order valence-electron chi connectivity index (χ2n) is 6.16. The fraction of sp³-hybridized carbons (Fsp3) is 0.250. The van der Waals surface area contributed by atoms with E-state index in [1.807, 2.05) is 24.3 Å². The zero-order chi connectivity index (χ0) is 16.4. The van der Waals surface area contributed by atoms with E-state index in [4.69, 9.17) is 0 Å². The predicted octanol–water partition coefficient (Wildman–Crippen LogP) is 4.14. The van der Waals surface area contributed by atoms with E-state index < -0.39 is 0 Å². The molecule has 0 amide bonds. The molecule has 0 atom stereocenters. The van der Waals surface area contributed by atoms with Crippen LogP contribution < -0.4 is 10.6 Å². The summed E-state index contributed by atoms with van der Waals surface area (Å²) in [5, 5.41) is 6.54. The van der Waals surface area contributed by atoms with Crippen molar-refractivity contribution in [2.45, 2.75) is 26.3 Å². The third-order valence-corrected chi connectivity index (χ3v) is 3.44. The summed E-state index contributed by atoms with van der Waals surface area (Å²) in [6.07, 6.45) is 3.20. The molecule has 118 valence electrons. The molecule has 0 saturated heterocycles. The maximum absolute atomic E-state index is 4.56. The van der Waals surface area contributed by atoms with Gasteiger partial charge in [0.1, 0.15) is 17.4 Å². The Hall–Kier alpha value is -2.28. The van der Waals surface area contributed by atoms with Crippen LogP contribution in [0.1, 0.15) is 20.8 Å². The fourth-order valence-corrected chi connectivity index (χ4v) is 2.44. The summed E-state index contributed by atoms with van der Waals surface area (Å²) >= 11 is 3.46. The summed E-state index contributed by atoms with van der Waals surface area (Å²) in [6.45, 7) is 6.17. The van der Waals surface area contributed by atoms with Crippen LogP contribution in [0.3, 0.4) is 0 Å². The van der Waals surface area contributed by atoms with E-state index in [1.54, 1.807) is 6.20 Å². The van der Waals surface area contributed by atoms with E-state index in [0.29, 0.717) is 22.8 Å². The van der Waals surface area contributed by atoms with Gasteiger partial charge < -0.3 is 10.6 Å². The number of benzene rings is 1. The van der Waals surface area contributed by atoms with Crippen LogP contribution in [-0.4, -0.2) is 25.5 Å². The number of nitrogens with one attached hydrogen (secondary N) is 2. The molecule has 0 spiro atoms. The van der Waals surface area contributed by atoms with Crippen LogP contribution in [0.2, 0.25) is 0 Å². The van der Waals surface area contributed by atoms with Crippen LogP contribution in [-0.2, 0) is 0 Å². The second-order valence-corrected chi connectivity index (χ2v) is 7.08. The number of fused-ring (bicyclic) bond motifs is 1. The van der Waals surface area contributed by atoms with Crippen LogP contribution in [0.4, 0.5) is 17.5 Å². The first-order valence-electron chi connectivity index (χ1n) is 7.19. The van der Waals surface area contributed by atoms with E-state index in [-0.39, 0.29) is 5.54 Å². The molecule has 0 bridgehead atoms. The van der Waals surface area contributed by atoms with E-state index in [0.717, 1.165) is 10.2 Å². The number of hydrogen-bond acceptors (Lipinski definition) is 6. The van der Waals surface area contributed by atoms with Crippen LogP contribution >= 0.6 is 15.9 Å². The highest BCUT2D eigenvalue weighted by molar-refractivity contribution is 9.10. The number of anilines is 3. The van der Waals surface area contributed by atoms with E-state index in [9.17, 15) is 0 Å². The second kappa shape index (κ2) is 6.08. The summed E-state index contributed by atoms with van der Waals surface area (Å²) in [4.78, 5) is 17.4. The Bertz CT molecular complexity index is 843. The highest BCUT2D eigenvalue weighted by Crippen LogP contribution is 2.24. The van der Waals surface area contributed by atoms with Crippen LogP contribution in [0.25, 0.3) is 11.0 Å². The molecule has 23 heavy (non-hydrogen) atoms. The van der Waals surface area contributed by atoms with E-state index in [2.05, 4.69) is 67.3 Å². The Balaban J connectivity index is 2.00. The van der Waals surface area contributed by atoms with Gasteiger partial charge >= 0.3 is 0 Å². The standard InChI is InChI=1S/C16H17BrN6/c1-16(2,3)23-15-18-8-12-13(22-15)14(20-9-19-12)21-11-6-4-5-10(17)7-11/h4-9H,1-3H3,(H,18,22,23)(H,19,20,21). The zero-order valence-corrected chi connectivity index (χ0v) is 14.7. The molecule has 1 aromatic carbocycles. The first-order chi connectivity index (χ1) is 10.9. The minimum Gasteiger partial charge on any atom is -0.350 e. The lowest BCUT2D eigenvalue weighted by molar-refractivity contribution is 0.626. The number of hydrogen-bond donors (Lipinski definition) is 2. The summed E-state index contributed by atoms with van der Waals surface area (Å²) in [5.41, 5.74) is 2.16. The molecule has 0 unspecified atom stereocenters. The lowest BCUT2D eigenvalue weighted by Crippen LogP contribution is -2.27. The van der Waals surface area contributed by atoms with Gasteiger partial charge in [0, 0.05) is 15.7 Å². The normalized spacial score (nSPS) is 11.5. The summed E-state index contributed by atoms with van der Waals surface area (Å²) < 4.78 is 0.991. The van der Waals surface area contributed by atoms with Gasteiger partial charge in [-0.25, -0.2) is 19.9 Å². The predicted molar refractivity (Wildman–Crippen MR) is 95.9 cm³/mol. The summed E-state index contributed by atoms with van der Waals surface area (Å²) in [6, 6.07) is 7.87. The van der Waals surface area contributed by atoms with Crippen LogP contribution in [0.5, 0.6) is 0 Å². The quantitative estimate of drug-likeness (QED) is 0.719. The van der Waals surface area contributed by atoms with Crippen molar-refractivity contribution in [1.29, 1.82) is 0 Å². The van der Waals surface area contributed by atoms with Gasteiger partial charge in [-0.2, -0.15) is 0 Å². The van der Waals surface area contributed by atoms with Crippen molar-refractivity contribution in [3.63, 3.8) is 0 Å². The van der Waals surface area contributed by atoms with Crippen LogP contribution in [0.15, 0.2) is 41.3 Å². The number of halogens is 1. The molecule has 2 aromatic heterocycles. The van der Waals surface area contributed by atoms with Gasteiger partial charge in [0.15, 0.2) is 5.82 Å². The smallest absolute Gasteiger partial charge is 0.223 e. The Kier molecular flexibility index (Phi) is 4.12. The molecule has 2 heterocycles. The van der Waals surface area contributed by atoms with Gasteiger partial charge in [0.2, 0.25) is 5.95 Å². The third-order valence-electron chi connectivity index (χ3n) is 2.95. The molecule has 0 aliphatic heterocycles. The van der Waals surface area contributed by atoms with Crippen molar-refractivity contribution in [3.05, 3.63) is 41.3 Å². The monoisotopic (exact) mass is 372 g/mol. The number of nitrogens with zero attached hydrogens (tertiary/aromatic N) is 4. The van der Waals surface area contributed by atoms with Crippen molar-refractivity contribution < 1.29 is 0 Å². The minimum atomic E-state index is -0.124. The Morgan fingerprint density at radius 3 is 2.65 bits per heavy atom. The van der Waals surface area contributed by atoms with Crippen LogP contribution in [0, 0.1) is 0 Å². The fourth-order valence-electron chi connectivity index (χ4n) is 2.04. The number of rotatable bonds is 3. The lowest BCUT2D eigenvalue weighted by Gasteiger charge is -2.20. The van der Waals surface area contributed by atoms with Gasteiger partial charge in [-0.3, -0.25) is 0 Å². The molecule has 0 saturated carbocycles. The molecule has 7 heteroatoms. The highest BCUT2D eigenvalue weighted by atomic mass is 79.9. The molecule has 0 radical (unpaired) electrons. The maximum atomic E-state index is 4.56. The molecular weight excluding hydrogens is 356 g/mol. The van der Waals surface area contributed by atoms with Gasteiger partial charge in [-0.1, -0.05) is 22.0 Å². The first-order valence-corrected chi connectivity index (χ1v) is 7.98. The average molecular weight is 373 g/mol. The largest absolute Gasteiger partial charge is 0.350 e. The molecule has 2 N–H and O–H groups in total. The Morgan fingerprint density at radius 1 is 1.09 bits per heavy atom. The topological polar surface area (TPSA) is 75.6 Å². The van der Waals surface area contributed by atoms with Crippen molar-refractivity contribution in [2.24, 2.45) is 0 Å². The highest BCUT2D eigenvalue weighted by Gasteiger charge is 2.13. The third kappa shape index (κ3) is 3.92. The van der Waals surface area contributed by atoms with E-state index >= 15 is 0 Å². The molecule has 3 rings (SSSR count). The van der Waals surface area contributed by atoms with Gasteiger partial charge in [-0.15, -0.1) is 0 Å². The van der Waals surface area contributed by atoms with Gasteiger partial charge in [0.25, 0.3) is 0 Å². The average Bonchev–Trinajstić information content (AvgIpc) is 2.46. The molecular formula is C16H17BrN6.